The number of aliphatic hydroxyl groups is 1. The van der Waals surface area contributed by atoms with Gasteiger partial charge >= 0.3 is 6.09 Å². The average molecular weight is 652 g/mol. The SMILES string of the molecule is C=CCc1c(OC(=O)N2CCN(c3ncc(C(=O)NO)cn3)CC2)ccc2nc3c(cc12)Cn1c-3cc2c(c1=O)CCC(=O)[C@]2(O)CC. The number of piperazine rings is 1. The standard InChI is InChI=1S/C34H33N7O7/c1-3-5-21-23-14-19-18-41-26(15-24-22(31(41)44)6-9-28(42)34(24,46)4-2)29(19)37-25(23)7-8-27(21)48-33(45)40-12-10-39(11-13-40)32-35-16-20(17-36-32)30(43)38-47/h3,7-8,14-17,46-47H,1,4-6,9-13,18H2,2H3,(H,38,43)/t34-/m0/s1. The molecule has 0 spiro atoms. The molecule has 14 nitrogen and oxygen atoms in total. The van der Waals surface area contributed by atoms with Crippen LogP contribution in [0.25, 0.3) is 22.3 Å². The number of rotatable bonds is 6. The van der Waals surface area contributed by atoms with Crippen molar-refractivity contribution in [3.63, 3.8) is 0 Å². The van der Waals surface area contributed by atoms with Crippen molar-refractivity contribution in [2.75, 3.05) is 31.1 Å². The highest BCUT2D eigenvalue weighted by molar-refractivity contribution is 5.93. The number of benzene rings is 1. The number of nitrogens with zero attached hydrogens (tertiary/aromatic N) is 6. The molecule has 3 aliphatic rings. The van der Waals surface area contributed by atoms with Crippen molar-refractivity contribution in [1.82, 2.24) is 29.9 Å². The van der Waals surface area contributed by atoms with E-state index in [2.05, 4.69) is 16.5 Å². The summed E-state index contributed by atoms with van der Waals surface area (Å²) in [5.41, 5.74) is 3.96. The molecule has 1 aliphatic carbocycles. The van der Waals surface area contributed by atoms with E-state index in [4.69, 9.17) is 14.9 Å². The highest BCUT2D eigenvalue weighted by Gasteiger charge is 2.43. The largest absolute Gasteiger partial charge is 0.415 e. The monoisotopic (exact) mass is 651 g/mol. The summed E-state index contributed by atoms with van der Waals surface area (Å²) in [5, 5.41) is 20.8. The van der Waals surface area contributed by atoms with E-state index in [1.165, 1.54) is 12.4 Å². The minimum atomic E-state index is -1.69. The molecule has 3 aromatic heterocycles. The van der Waals surface area contributed by atoms with E-state index in [-0.39, 0.29) is 29.7 Å². The first-order chi connectivity index (χ1) is 23.2. The number of nitrogens with one attached hydrogen (secondary N) is 1. The molecule has 0 radical (unpaired) electrons. The zero-order valence-corrected chi connectivity index (χ0v) is 26.2. The van der Waals surface area contributed by atoms with Gasteiger partial charge in [-0.2, -0.15) is 0 Å². The second-order valence-corrected chi connectivity index (χ2v) is 12.1. The fourth-order valence-electron chi connectivity index (χ4n) is 6.84. The van der Waals surface area contributed by atoms with Crippen molar-refractivity contribution in [2.24, 2.45) is 0 Å². The van der Waals surface area contributed by atoms with Gasteiger partial charge in [0.15, 0.2) is 5.78 Å². The number of hydrogen-bond acceptors (Lipinski definition) is 11. The smallest absolute Gasteiger partial charge is 0.410 e. The molecule has 48 heavy (non-hydrogen) atoms. The number of allylic oxidation sites excluding steroid dienone is 1. The fraction of sp³-hybridized carbons (Fsp3) is 0.324. The third-order valence-corrected chi connectivity index (χ3v) is 9.51. The summed E-state index contributed by atoms with van der Waals surface area (Å²) in [7, 11) is 0. The maximum Gasteiger partial charge on any atom is 0.415 e. The van der Waals surface area contributed by atoms with Gasteiger partial charge in [0.1, 0.15) is 11.4 Å². The van der Waals surface area contributed by atoms with Crippen molar-refractivity contribution in [3.05, 3.63) is 87.5 Å². The quantitative estimate of drug-likeness (QED) is 0.139. The number of aromatic nitrogens is 4. The second kappa shape index (κ2) is 12.0. The van der Waals surface area contributed by atoms with Crippen LogP contribution in [0.3, 0.4) is 0 Å². The first-order valence-electron chi connectivity index (χ1n) is 15.7. The lowest BCUT2D eigenvalue weighted by atomic mass is 9.77. The average Bonchev–Trinajstić information content (AvgIpc) is 3.47. The van der Waals surface area contributed by atoms with Crippen LogP contribution in [-0.4, -0.2) is 78.7 Å². The summed E-state index contributed by atoms with van der Waals surface area (Å²) in [6.45, 7) is 7.54. The van der Waals surface area contributed by atoms with Gasteiger partial charge in [-0.25, -0.2) is 25.2 Å². The maximum absolute atomic E-state index is 13.6. The summed E-state index contributed by atoms with van der Waals surface area (Å²) in [6.07, 6.45) is 4.85. The van der Waals surface area contributed by atoms with Crippen molar-refractivity contribution in [3.8, 4) is 17.1 Å². The number of fused-ring (bicyclic) bond motifs is 5. The maximum atomic E-state index is 13.6. The van der Waals surface area contributed by atoms with E-state index in [0.717, 1.165) is 16.5 Å². The zero-order valence-electron chi connectivity index (χ0n) is 26.2. The van der Waals surface area contributed by atoms with Crippen LogP contribution < -0.4 is 20.7 Å². The molecule has 1 atom stereocenters. The molecule has 1 aromatic carbocycles. The number of ether oxygens (including phenoxy) is 1. The molecule has 4 aromatic rings. The van der Waals surface area contributed by atoms with Gasteiger partial charge < -0.3 is 24.2 Å². The number of hydrogen-bond donors (Lipinski definition) is 3. The van der Waals surface area contributed by atoms with E-state index in [1.54, 1.807) is 46.1 Å². The van der Waals surface area contributed by atoms with Gasteiger partial charge in [0, 0.05) is 72.6 Å². The van der Waals surface area contributed by atoms with Crippen LogP contribution in [0.1, 0.15) is 52.4 Å². The predicted molar refractivity (Wildman–Crippen MR) is 173 cm³/mol. The molecule has 7 rings (SSSR count). The number of amides is 2. The lowest BCUT2D eigenvalue weighted by Crippen LogP contribution is -2.50. The molecule has 1 saturated heterocycles. The predicted octanol–water partition coefficient (Wildman–Crippen LogP) is 2.50. The van der Waals surface area contributed by atoms with E-state index in [0.29, 0.717) is 85.3 Å². The number of anilines is 1. The Balaban J connectivity index is 1.13. The highest BCUT2D eigenvalue weighted by atomic mass is 16.6. The van der Waals surface area contributed by atoms with E-state index in [1.807, 2.05) is 11.0 Å². The molecule has 14 heteroatoms. The van der Waals surface area contributed by atoms with Gasteiger partial charge in [0.05, 0.1) is 29.0 Å². The molecular formula is C34H33N7O7. The molecule has 2 aliphatic heterocycles. The van der Waals surface area contributed by atoms with Crippen LogP contribution in [0.2, 0.25) is 0 Å². The van der Waals surface area contributed by atoms with Crippen molar-refractivity contribution in [2.45, 2.75) is 44.8 Å². The first kappa shape index (κ1) is 31.1. The van der Waals surface area contributed by atoms with Gasteiger partial charge in [-0.05, 0) is 43.5 Å². The molecule has 1 fully saturated rings. The summed E-state index contributed by atoms with van der Waals surface area (Å²) in [5.74, 6) is -0.200. The minimum Gasteiger partial charge on any atom is -0.410 e. The summed E-state index contributed by atoms with van der Waals surface area (Å²) >= 11 is 0. The van der Waals surface area contributed by atoms with E-state index in [9.17, 15) is 24.3 Å². The van der Waals surface area contributed by atoms with Crippen molar-refractivity contribution < 1.29 is 29.4 Å². The molecule has 246 valence electrons. The van der Waals surface area contributed by atoms with Crippen LogP contribution in [0, 0.1) is 0 Å². The molecule has 0 saturated carbocycles. The van der Waals surface area contributed by atoms with E-state index < -0.39 is 17.6 Å². The van der Waals surface area contributed by atoms with E-state index >= 15 is 0 Å². The fourth-order valence-corrected chi connectivity index (χ4v) is 6.84. The Labute approximate surface area is 274 Å². The number of ketones is 1. The zero-order chi connectivity index (χ0) is 33.7. The third kappa shape index (κ3) is 5.00. The van der Waals surface area contributed by atoms with Crippen molar-refractivity contribution in [1.29, 1.82) is 0 Å². The number of carbonyl (C=O) groups excluding carboxylic acids is 3. The molecule has 5 heterocycles. The number of carbonyl (C=O) groups is 3. The molecule has 0 bridgehead atoms. The Bertz CT molecular complexity index is 2070. The van der Waals surface area contributed by atoms with Gasteiger partial charge in [0.2, 0.25) is 5.95 Å². The minimum absolute atomic E-state index is 0.119. The Morgan fingerprint density at radius 1 is 1.10 bits per heavy atom. The lowest BCUT2D eigenvalue weighted by Gasteiger charge is -2.34. The van der Waals surface area contributed by atoms with Crippen LogP contribution in [0.4, 0.5) is 10.7 Å². The summed E-state index contributed by atoms with van der Waals surface area (Å²) < 4.78 is 7.59. The van der Waals surface area contributed by atoms with Gasteiger partial charge in [0.25, 0.3) is 11.5 Å². The Morgan fingerprint density at radius 2 is 1.85 bits per heavy atom. The number of Topliss-reactive ketones (excluding diaryl/α,β-unsaturated/α-hetero) is 1. The normalized spacial score (nSPS) is 18.3. The number of hydroxylamine groups is 1. The third-order valence-electron chi connectivity index (χ3n) is 9.51. The van der Waals surface area contributed by atoms with Crippen LogP contribution >= 0.6 is 0 Å². The highest BCUT2D eigenvalue weighted by Crippen LogP contribution is 2.40. The van der Waals surface area contributed by atoms with Crippen LogP contribution in [-0.2, 0) is 29.8 Å². The van der Waals surface area contributed by atoms with Gasteiger partial charge in [-0.1, -0.05) is 13.0 Å². The van der Waals surface area contributed by atoms with Crippen LogP contribution in [0.5, 0.6) is 5.75 Å². The molecule has 0 unspecified atom stereocenters. The van der Waals surface area contributed by atoms with Gasteiger partial charge in [-0.15, -0.1) is 6.58 Å². The Morgan fingerprint density at radius 3 is 2.54 bits per heavy atom. The molecular weight excluding hydrogens is 618 g/mol. The Kier molecular flexibility index (Phi) is 7.76. The Hall–Kier alpha value is -5.47. The summed E-state index contributed by atoms with van der Waals surface area (Å²) in [4.78, 5) is 68.0. The topological polar surface area (TPSA) is 180 Å². The summed E-state index contributed by atoms with van der Waals surface area (Å²) in [6, 6.07) is 7.19. The first-order valence-corrected chi connectivity index (χ1v) is 15.7. The van der Waals surface area contributed by atoms with Crippen molar-refractivity contribution >= 4 is 34.6 Å². The van der Waals surface area contributed by atoms with Gasteiger partial charge in [-0.3, -0.25) is 19.6 Å². The molecule has 3 N–H and O–H groups in total. The number of pyridine rings is 2. The second-order valence-electron chi connectivity index (χ2n) is 12.1. The van der Waals surface area contributed by atoms with Crippen LogP contribution in [0.15, 0.2) is 54.1 Å². The molecule has 2 amide bonds. The lowest BCUT2D eigenvalue weighted by molar-refractivity contribution is -0.140.